The minimum atomic E-state index is -0.546. The third-order valence-electron chi connectivity index (χ3n) is 2.62. The first-order chi connectivity index (χ1) is 7.84. The van der Waals surface area contributed by atoms with Crippen molar-refractivity contribution in [2.75, 3.05) is 6.54 Å². The molecule has 1 aromatic rings. The fourth-order valence-corrected chi connectivity index (χ4v) is 1.56. The molecule has 5 nitrogen and oxygen atoms in total. The summed E-state index contributed by atoms with van der Waals surface area (Å²) in [4.78, 5) is 6.65. The Morgan fingerprint density at radius 2 is 2.06 bits per heavy atom. The van der Waals surface area contributed by atoms with Crippen LogP contribution in [0.3, 0.4) is 0 Å². The normalized spacial score (nSPS) is 12.7. The van der Waals surface area contributed by atoms with Crippen molar-refractivity contribution in [3.8, 4) is 0 Å². The monoisotopic (exact) mass is 240 g/mol. The zero-order valence-corrected chi connectivity index (χ0v) is 11.5. The Morgan fingerprint density at radius 3 is 2.47 bits per heavy atom. The van der Waals surface area contributed by atoms with E-state index in [2.05, 4.69) is 35.8 Å². The molecule has 0 atom stereocenters. The molecule has 17 heavy (non-hydrogen) atoms. The Bertz CT molecular complexity index is 341. The summed E-state index contributed by atoms with van der Waals surface area (Å²) in [5.41, 5.74) is 5.37. The number of hydrogen-bond acceptors (Lipinski definition) is 5. The molecule has 0 aromatic carbocycles. The highest BCUT2D eigenvalue weighted by Crippen LogP contribution is 2.14. The predicted octanol–water partition coefficient (Wildman–Crippen LogP) is 1.88. The lowest BCUT2D eigenvalue weighted by atomic mass is 10.1. The fourth-order valence-electron chi connectivity index (χ4n) is 1.56. The van der Waals surface area contributed by atoms with Crippen LogP contribution >= 0.6 is 0 Å². The van der Waals surface area contributed by atoms with Gasteiger partial charge in [0.1, 0.15) is 0 Å². The van der Waals surface area contributed by atoms with Crippen LogP contribution in [-0.2, 0) is 12.1 Å². The Hall–Kier alpha value is -0.940. The van der Waals surface area contributed by atoms with E-state index in [1.54, 1.807) is 0 Å². The van der Waals surface area contributed by atoms with Gasteiger partial charge in [-0.3, -0.25) is 4.90 Å². The molecule has 0 bridgehead atoms. The number of aromatic nitrogens is 2. The van der Waals surface area contributed by atoms with Gasteiger partial charge in [-0.2, -0.15) is 4.98 Å². The zero-order valence-electron chi connectivity index (χ0n) is 11.5. The van der Waals surface area contributed by atoms with E-state index in [1.807, 2.05) is 13.8 Å². The molecule has 0 aliphatic heterocycles. The van der Waals surface area contributed by atoms with Crippen molar-refractivity contribution < 1.29 is 4.52 Å². The Morgan fingerprint density at radius 1 is 1.41 bits per heavy atom. The van der Waals surface area contributed by atoms with Crippen LogP contribution in [-0.4, -0.2) is 27.6 Å². The van der Waals surface area contributed by atoms with Crippen molar-refractivity contribution in [2.45, 2.75) is 59.2 Å². The summed E-state index contributed by atoms with van der Waals surface area (Å²) < 4.78 is 5.24. The molecule has 2 N–H and O–H groups in total. The van der Waals surface area contributed by atoms with Crippen LogP contribution in [0.15, 0.2) is 4.52 Å². The van der Waals surface area contributed by atoms with Gasteiger partial charge in [-0.05, 0) is 40.7 Å². The van der Waals surface area contributed by atoms with Crippen LogP contribution in [0.5, 0.6) is 0 Å². The van der Waals surface area contributed by atoms with E-state index in [-0.39, 0.29) is 0 Å². The zero-order chi connectivity index (χ0) is 13.1. The number of nitrogens with zero attached hydrogens (tertiary/aromatic N) is 3. The fraction of sp³-hybridized carbons (Fsp3) is 0.833. The first kappa shape index (κ1) is 14.1. The molecular formula is C12H24N4O. The summed E-state index contributed by atoms with van der Waals surface area (Å²) in [6.45, 7) is 12.0. The minimum absolute atomic E-state index is 0.469. The van der Waals surface area contributed by atoms with Crippen molar-refractivity contribution in [1.82, 2.24) is 15.0 Å². The quantitative estimate of drug-likeness (QED) is 0.822. The summed E-state index contributed by atoms with van der Waals surface area (Å²) in [7, 11) is 0. The van der Waals surface area contributed by atoms with Gasteiger partial charge < -0.3 is 10.3 Å². The van der Waals surface area contributed by atoms with Gasteiger partial charge in [0.15, 0.2) is 5.82 Å². The molecule has 0 saturated carbocycles. The second kappa shape index (κ2) is 5.60. The van der Waals surface area contributed by atoms with Crippen molar-refractivity contribution in [2.24, 2.45) is 5.73 Å². The summed E-state index contributed by atoms with van der Waals surface area (Å²) in [6, 6.07) is 0.469. The number of rotatable bonds is 6. The van der Waals surface area contributed by atoms with Crippen molar-refractivity contribution in [3.05, 3.63) is 11.7 Å². The highest BCUT2D eigenvalue weighted by molar-refractivity contribution is 4.99. The van der Waals surface area contributed by atoms with Gasteiger partial charge in [0.05, 0.1) is 12.1 Å². The Labute approximate surface area is 103 Å². The largest absolute Gasteiger partial charge is 0.338 e. The van der Waals surface area contributed by atoms with E-state index in [0.717, 1.165) is 13.0 Å². The van der Waals surface area contributed by atoms with Crippen LogP contribution < -0.4 is 5.73 Å². The average Bonchev–Trinajstić information content (AvgIpc) is 2.64. The molecule has 0 aliphatic rings. The lowest BCUT2D eigenvalue weighted by molar-refractivity contribution is 0.185. The summed E-state index contributed by atoms with van der Waals surface area (Å²) in [5.74, 6) is 1.20. The molecule has 0 radical (unpaired) electrons. The molecule has 1 rings (SSSR count). The van der Waals surface area contributed by atoms with Crippen LogP contribution in [0.25, 0.3) is 0 Å². The molecule has 0 saturated heterocycles. The van der Waals surface area contributed by atoms with E-state index in [4.69, 9.17) is 10.3 Å². The van der Waals surface area contributed by atoms with Crippen molar-refractivity contribution in [1.29, 1.82) is 0 Å². The number of hydrogen-bond donors (Lipinski definition) is 1. The highest BCUT2D eigenvalue weighted by Gasteiger charge is 2.22. The molecule has 0 fully saturated rings. The van der Waals surface area contributed by atoms with E-state index in [9.17, 15) is 0 Å². The van der Waals surface area contributed by atoms with E-state index in [1.165, 1.54) is 0 Å². The van der Waals surface area contributed by atoms with E-state index < -0.39 is 5.54 Å². The summed E-state index contributed by atoms with van der Waals surface area (Å²) >= 11 is 0. The van der Waals surface area contributed by atoms with Gasteiger partial charge in [0.2, 0.25) is 5.89 Å². The molecule has 0 unspecified atom stereocenters. The summed E-state index contributed by atoms with van der Waals surface area (Å²) in [6.07, 6.45) is 1.11. The van der Waals surface area contributed by atoms with E-state index >= 15 is 0 Å². The average molecular weight is 240 g/mol. The van der Waals surface area contributed by atoms with Crippen molar-refractivity contribution >= 4 is 0 Å². The Balaban J connectivity index is 2.70. The maximum atomic E-state index is 5.92. The lowest BCUT2D eigenvalue weighted by Gasteiger charge is -2.23. The second-order valence-electron chi connectivity index (χ2n) is 5.30. The molecule has 1 heterocycles. The molecule has 5 heteroatoms. The van der Waals surface area contributed by atoms with Gasteiger partial charge in [-0.1, -0.05) is 12.1 Å². The molecule has 1 aromatic heterocycles. The van der Waals surface area contributed by atoms with Crippen molar-refractivity contribution in [3.63, 3.8) is 0 Å². The second-order valence-corrected chi connectivity index (χ2v) is 5.30. The minimum Gasteiger partial charge on any atom is -0.338 e. The lowest BCUT2D eigenvalue weighted by Crippen LogP contribution is -2.32. The highest BCUT2D eigenvalue weighted by atomic mass is 16.5. The third-order valence-corrected chi connectivity index (χ3v) is 2.62. The van der Waals surface area contributed by atoms with Gasteiger partial charge >= 0.3 is 0 Å². The van der Waals surface area contributed by atoms with Crippen LogP contribution in [0.1, 0.15) is 52.8 Å². The molecule has 0 aliphatic carbocycles. The maximum Gasteiger partial charge on any atom is 0.240 e. The standard InChI is InChI=1S/C12H24N4O/c1-6-7-16(9(2)3)8-10-14-11(15-17-10)12(4,5)13/h9H,6-8,13H2,1-5H3. The van der Waals surface area contributed by atoms with Gasteiger partial charge in [0, 0.05) is 6.04 Å². The predicted molar refractivity (Wildman–Crippen MR) is 67.3 cm³/mol. The van der Waals surface area contributed by atoms with E-state index in [0.29, 0.717) is 24.3 Å². The smallest absolute Gasteiger partial charge is 0.240 e. The molecule has 98 valence electrons. The summed E-state index contributed by atoms with van der Waals surface area (Å²) in [5, 5.41) is 3.92. The van der Waals surface area contributed by atoms with Gasteiger partial charge in [-0.25, -0.2) is 0 Å². The van der Waals surface area contributed by atoms with Crippen LogP contribution in [0.2, 0.25) is 0 Å². The SMILES string of the molecule is CCCN(Cc1nc(C(C)(C)N)no1)C(C)C. The third kappa shape index (κ3) is 4.09. The van der Waals surface area contributed by atoms with Crippen LogP contribution in [0.4, 0.5) is 0 Å². The molecule has 0 spiro atoms. The topological polar surface area (TPSA) is 68.2 Å². The first-order valence-electron chi connectivity index (χ1n) is 6.20. The number of nitrogens with two attached hydrogens (primary N) is 1. The molecule has 0 amide bonds. The van der Waals surface area contributed by atoms with Crippen LogP contribution in [0, 0.1) is 0 Å². The van der Waals surface area contributed by atoms with Gasteiger partial charge in [0.25, 0.3) is 0 Å². The maximum absolute atomic E-state index is 5.92. The molecular weight excluding hydrogens is 216 g/mol. The Kier molecular flexibility index (Phi) is 4.65. The first-order valence-corrected chi connectivity index (χ1v) is 6.20. The van der Waals surface area contributed by atoms with Gasteiger partial charge in [-0.15, -0.1) is 0 Å².